The number of amides is 1. The van der Waals surface area contributed by atoms with Crippen LogP contribution in [0.3, 0.4) is 0 Å². The minimum atomic E-state index is -3.47. The summed E-state index contributed by atoms with van der Waals surface area (Å²) in [5.41, 5.74) is 2.83. The van der Waals surface area contributed by atoms with Crippen LogP contribution >= 0.6 is 0 Å². The number of benzene rings is 1. The van der Waals surface area contributed by atoms with E-state index >= 15 is 0 Å². The lowest BCUT2D eigenvalue weighted by molar-refractivity contribution is -0.117. The molecule has 0 unspecified atom stereocenters. The first-order valence-electron chi connectivity index (χ1n) is 7.87. The van der Waals surface area contributed by atoms with Crippen molar-refractivity contribution in [1.29, 1.82) is 0 Å². The van der Waals surface area contributed by atoms with E-state index in [9.17, 15) is 13.2 Å². The summed E-state index contributed by atoms with van der Waals surface area (Å²) in [6.45, 7) is 3.32. The summed E-state index contributed by atoms with van der Waals surface area (Å²) >= 11 is 0. The van der Waals surface area contributed by atoms with E-state index in [1.54, 1.807) is 19.2 Å². The predicted octanol–water partition coefficient (Wildman–Crippen LogP) is 1.94. The lowest BCUT2D eigenvalue weighted by Crippen LogP contribution is -2.31. The summed E-state index contributed by atoms with van der Waals surface area (Å²) in [7, 11) is -1.85. The molecule has 1 aromatic rings. The van der Waals surface area contributed by atoms with Gasteiger partial charge >= 0.3 is 0 Å². The lowest BCUT2D eigenvalue weighted by Gasteiger charge is -2.26. The Kier molecular flexibility index (Phi) is 3.99. The highest BCUT2D eigenvalue weighted by Gasteiger charge is 2.34. The van der Waals surface area contributed by atoms with Gasteiger partial charge < -0.3 is 4.90 Å². The van der Waals surface area contributed by atoms with Crippen LogP contribution in [0.4, 0.5) is 5.69 Å². The van der Waals surface area contributed by atoms with Crippen LogP contribution in [0.2, 0.25) is 0 Å². The first kappa shape index (κ1) is 15.5. The van der Waals surface area contributed by atoms with E-state index in [-0.39, 0.29) is 5.91 Å². The fraction of sp³-hybridized carbons (Fsp3) is 0.562. The van der Waals surface area contributed by atoms with Crippen molar-refractivity contribution in [3.63, 3.8) is 0 Å². The smallest absolute Gasteiger partial charge is 0.242 e. The molecule has 0 bridgehead atoms. The molecule has 0 spiro atoms. The number of hydrogen-bond acceptors (Lipinski definition) is 3. The third-order valence-corrected chi connectivity index (χ3v) is 6.35. The summed E-state index contributed by atoms with van der Waals surface area (Å²) < 4.78 is 26.8. The van der Waals surface area contributed by atoms with Crippen molar-refractivity contribution in [3.05, 3.63) is 23.3 Å². The molecule has 2 aliphatic rings. The number of sulfonamides is 1. The van der Waals surface area contributed by atoms with E-state index in [2.05, 4.69) is 0 Å². The zero-order valence-electron chi connectivity index (χ0n) is 13.1. The summed E-state index contributed by atoms with van der Waals surface area (Å²) in [6.07, 6.45) is 3.87. The standard InChI is InChI=1S/C16H22N2O3S/c1-3-4-7-17(2)22(20,21)14-9-12-6-5-8-18-15(19)11-13(10-14)16(12)18/h9-10H,3-8,11H2,1-2H3. The van der Waals surface area contributed by atoms with E-state index in [0.717, 1.165) is 49.0 Å². The second-order valence-corrected chi connectivity index (χ2v) is 8.14. The minimum Gasteiger partial charge on any atom is -0.312 e. The molecule has 3 rings (SSSR count). The molecular formula is C16H22N2O3S. The van der Waals surface area contributed by atoms with Crippen LogP contribution < -0.4 is 4.90 Å². The average Bonchev–Trinajstić information content (AvgIpc) is 2.82. The number of nitrogens with zero attached hydrogens (tertiary/aromatic N) is 2. The maximum Gasteiger partial charge on any atom is 0.242 e. The summed E-state index contributed by atoms with van der Waals surface area (Å²) in [6, 6.07) is 3.46. The number of aryl methyl sites for hydroxylation is 1. The van der Waals surface area contributed by atoms with E-state index in [1.165, 1.54) is 4.31 Å². The van der Waals surface area contributed by atoms with E-state index < -0.39 is 10.0 Å². The Hall–Kier alpha value is -1.40. The molecule has 0 N–H and O–H groups in total. The number of anilines is 1. The summed E-state index contributed by atoms with van der Waals surface area (Å²) in [5, 5.41) is 0. The van der Waals surface area contributed by atoms with E-state index in [0.29, 0.717) is 17.9 Å². The van der Waals surface area contributed by atoms with Crippen molar-refractivity contribution < 1.29 is 13.2 Å². The second-order valence-electron chi connectivity index (χ2n) is 6.10. The first-order valence-corrected chi connectivity index (χ1v) is 9.31. The van der Waals surface area contributed by atoms with Crippen molar-refractivity contribution in [1.82, 2.24) is 4.31 Å². The first-order chi connectivity index (χ1) is 10.4. The van der Waals surface area contributed by atoms with Crippen LogP contribution in [0.15, 0.2) is 17.0 Å². The van der Waals surface area contributed by atoms with Gasteiger partial charge in [0.05, 0.1) is 17.0 Å². The van der Waals surface area contributed by atoms with Gasteiger partial charge in [-0.05, 0) is 42.5 Å². The van der Waals surface area contributed by atoms with Crippen LogP contribution in [0.25, 0.3) is 0 Å². The maximum absolute atomic E-state index is 12.7. The quantitative estimate of drug-likeness (QED) is 0.832. The fourth-order valence-corrected chi connectivity index (χ4v) is 4.59. The van der Waals surface area contributed by atoms with E-state index in [4.69, 9.17) is 0 Å². The number of carbonyl (C=O) groups is 1. The molecule has 120 valence electrons. The second kappa shape index (κ2) is 5.66. The summed E-state index contributed by atoms with van der Waals surface area (Å²) in [4.78, 5) is 14.2. The Morgan fingerprint density at radius 1 is 1.27 bits per heavy atom. The average molecular weight is 322 g/mol. The Labute approximate surface area is 132 Å². The van der Waals surface area contributed by atoms with Gasteiger partial charge in [-0.3, -0.25) is 4.79 Å². The topological polar surface area (TPSA) is 57.7 Å². The van der Waals surface area contributed by atoms with Gasteiger partial charge in [0.1, 0.15) is 0 Å². The van der Waals surface area contributed by atoms with Crippen molar-refractivity contribution in [2.45, 2.75) is 43.9 Å². The van der Waals surface area contributed by atoms with Gasteiger partial charge in [-0.1, -0.05) is 13.3 Å². The van der Waals surface area contributed by atoms with Crippen molar-refractivity contribution >= 4 is 21.6 Å². The molecule has 0 saturated heterocycles. The van der Waals surface area contributed by atoms with Gasteiger partial charge in [-0.2, -0.15) is 0 Å². The molecule has 2 aliphatic heterocycles. The Bertz CT molecular complexity index is 712. The van der Waals surface area contributed by atoms with Gasteiger partial charge in [-0.25, -0.2) is 12.7 Å². The van der Waals surface area contributed by atoms with Gasteiger partial charge in [0.15, 0.2) is 0 Å². The highest BCUT2D eigenvalue weighted by molar-refractivity contribution is 7.89. The van der Waals surface area contributed by atoms with Crippen LogP contribution in [0.5, 0.6) is 0 Å². The third kappa shape index (κ3) is 2.44. The molecule has 6 heteroatoms. The molecule has 5 nitrogen and oxygen atoms in total. The number of rotatable bonds is 5. The molecule has 0 atom stereocenters. The molecule has 2 heterocycles. The van der Waals surface area contributed by atoms with Gasteiger partial charge in [0.25, 0.3) is 0 Å². The van der Waals surface area contributed by atoms with Crippen molar-refractivity contribution in [2.24, 2.45) is 0 Å². The van der Waals surface area contributed by atoms with Gasteiger partial charge in [0, 0.05) is 20.1 Å². The zero-order chi connectivity index (χ0) is 15.9. The third-order valence-electron chi connectivity index (χ3n) is 4.52. The molecule has 0 aromatic heterocycles. The fourth-order valence-electron chi connectivity index (χ4n) is 3.28. The number of hydrogen-bond donors (Lipinski definition) is 0. The Morgan fingerprint density at radius 2 is 2.00 bits per heavy atom. The minimum absolute atomic E-state index is 0.0878. The lowest BCUT2D eigenvalue weighted by atomic mass is 10.0. The molecule has 0 aliphatic carbocycles. The Balaban J connectivity index is 2.00. The van der Waals surface area contributed by atoms with Crippen molar-refractivity contribution in [3.8, 4) is 0 Å². The highest BCUT2D eigenvalue weighted by atomic mass is 32.2. The van der Waals surface area contributed by atoms with Gasteiger partial charge in [-0.15, -0.1) is 0 Å². The van der Waals surface area contributed by atoms with Crippen molar-refractivity contribution in [2.75, 3.05) is 25.0 Å². The number of unbranched alkanes of at least 4 members (excludes halogenated alkanes) is 1. The van der Waals surface area contributed by atoms with Crippen LogP contribution in [-0.2, 0) is 27.7 Å². The highest BCUT2D eigenvalue weighted by Crippen LogP contribution is 2.38. The molecule has 1 amide bonds. The van der Waals surface area contributed by atoms with Crippen LogP contribution in [0, 0.1) is 0 Å². The van der Waals surface area contributed by atoms with Gasteiger partial charge in [0.2, 0.25) is 15.9 Å². The zero-order valence-corrected chi connectivity index (χ0v) is 13.9. The molecule has 0 saturated carbocycles. The summed E-state index contributed by atoms with van der Waals surface area (Å²) in [5.74, 6) is 0.0878. The van der Waals surface area contributed by atoms with Crippen LogP contribution in [-0.4, -0.2) is 38.8 Å². The molecule has 0 fully saturated rings. The largest absolute Gasteiger partial charge is 0.312 e. The molecular weight excluding hydrogens is 300 g/mol. The van der Waals surface area contributed by atoms with Crippen LogP contribution in [0.1, 0.15) is 37.3 Å². The monoisotopic (exact) mass is 322 g/mol. The molecule has 22 heavy (non-hydrogen) atoms. The Morgan fingerprint density at radius 3 is 2.73 bits per heavy atom. The van der Waals surface area contributed by atoms with E-state index in [1.807, 2.05) is 11.8 Å². The maximum atomic E-state index is 12.7. The molecule has 0 radical (unpaired) electrons. The SMILES string of the molecule is CCCCN(C)S(=O)(=O)c1cc2c3c(c1)CC(=O)N3CCC2. The number of carbonyl (C=O) groups excluding carboxylic acids is 1. The normalized spacial score (nSPS) is 17.2. The predicted molar refractivity (Wildman–Crippen MR) is 85.5 cm³/mol. The molecule has 1 aromatic carbocycles.